The number of carbonyl (C=O) groups excluding carboxylic acids is 3. The molecule has 0 radical (unpaired) electrons. The number of rotatable bonds is 5. The van der Waals surface area contributed by atoms with Gasteiger partial charge in [-0.3, -0.25) is 14.9 Å². The van der Waals surface area contributed by atoms with Gasteiger partial charge in [-0.2, -0.15) is 0 Å². The number of urea groups is 1. The molecule has 1 N–H and O–H groups in total. The van der Waals surface area contributed by atoms with Gasteiger partial charge in [0.05, 0.1) is 24.7 Å². The zero-order chi connectivity index (χ0) is 25.3. The number of halogens is 4. The third kappa shape index (κ3) is 5.62. The number of anilines is 1. The van der Waals surface area contributed by atoms with Crippen LogP contribution >= 0.6 is 55.1 Å². The molecule has 1 saturated heterocycles. The first-order chi connectivity index (χ1) is 16.6. The Morgan fingerprint density at radius 1 is 0.943 bits per heavy atom. The Morgan fingerprint density at radius 2 is 1.60 bits per heavy atom. The average Bonchev–Trinajstić information content (AvgIpc) is 2.79. The fourth-order valence-corrected chi connectivity index (χ4v) is 5.07. The lowest BCUT2D eigenvalue weighted by atomic mass is 10.1. The maximum absolute atomic E-state index is 13.1. The molecule has 0 saturated carbocycles. The zero-order valence-electron chi connectivity index (χ0n) is 18.1. The van der Waals surface area contributed by atoms with Crippen molar-refractivity contribution in [2.45, 2.75) is 13.5 Å². The third-order valence-electron chi connectivity index (χ3n) is 5.10. The van der Waals surface area contributed by atoms with E-state index in [0.717, 1.165) is 16.0 Å². The number of nitrogens with one attached hydrogen (secondary N) is 1. The molecule has 0 aliphatic carbocycles. The number of amides is 4. The Labute approximate surface area is 228 Å². The molecule has 3 aromatic rings. The largest absolute Gasteiger partial charge is 0.487 e. The van der Waals surface area contributed by atoms with Crippen LogP contribution in [0.4, 0.5) is 10.5 Å². The Morgan fingerprint density at radius 3 is 2.23 bits per heavy atom. The van der Waals surface area contributed by atoms with E-state index in [4.69, 9.17) is 27.9 Å². The van der Waals surface area contributed by atoms with Crippen LogP contribution < -0.4 is 15.0 Å². The zero-order valence-corrected chi connectivity index (χ0v) is 22.8. The molecule has 0 aromatic heterocycles. The monoisotopic (exact) mass is 636 g/mol. The molecule has 0 atom stereocenters. The second-order valence-corrected chi connectivity index (χ2v) is 10.2. The van der Waals surface area contributed by atoms with Gasteiger partial charge >= 0.3 is 6.03 Å². The van der Waals surface area contributed by atoms with Crippen molar-refractivity contribution in [1.82, 2.24) is 5.32 Å². The predicted octanol–water partition coefficient (Wildman–Crippen LogP) is 7.07. The van der Waals surface area contributed by atoms with E-state index in [0.29, 0.717) is 26.9 Å². The first-order valence-electron chi connectivity index (χ1n) is 10.2. The van der Waals surface area contributed by atoms with E-state index in [2.05, 4.69) is 37.2 Å². The molecule has 1 aliphatic rings. The number of hydrogen-bond donors (Lipinski definition) is 1. The third-order valence-corrected chi connectivity index (χ3v) is 7.02. The van der Waals surface area contributed by atoms with Crippen LogP contribution in [-0.4, -0.2) is 17.8 Å². The summed E-state index contributed by atoms with van der Waals surface area (Å²) in [6.45, 7) is 2.38. The molecule has 1 fully saturated rings. The van der Waals surface area contributed by atoms with Gasteiger partial charge in [-0.25, -0.2) is 9.69 Å². The molecule has 1 aliphatic heterocycles. The highest BCUT2D eigenvalue weighted by atomic mass is 79.9. The smallest absolute Gasteiger partial charge is 0.335 e. The summed E-state index contributed by atoms with van der Waals surface area (Å²) < 4.78 is 7.19. The first-order valence-corrected chi connectivity index (χ1v) is 12.5. The van der Waals surface area contributed by atoms with E-state index in [1.165, 1.54) is 24.3 Å². The predicted molar refractivity (Wildman–Crippen MR) is 143 cm³/mol. The normalized spacial score (nSPS) is 14.9. The van der Waals surface area contributed by atoms with E-state index in [1.54, 1.807) is 12.1 Å². The van der Waals surface area contributed by atoms with Crippen molar-refractivity contribution in [1.29, 1.82) is 0 Å². The highest BCUT2D eigenvalue weighted by molar-refractivity contribution is 9.11. The van der Waals surface area contributed by atoms with Gasteiger partial charge in [-0.1, -0.05) is 53.0 Å². The van der Waals surface area contributed by atoms with Crippen LogP contribution in [0.3, 0.4) is 0 Å². The number of aryl methyl sites for hydroxylation is 1. The van der Waals surface area contributed by atoms with Gasteiger partial charge in [0.15, 0.2) is 0 Å². The van der Waals surface area contributed by atoms with E-state index < -0.39 is 17.8 Å². The molecule has 1 heterocycles. The van der Waals surface area contributed by atoms with Gasteiger partial charge in [-0.15, -0.1) is 0 Å². The van der Waals surface area contributed by atoms with E-state index in [-0.39, 0.29) is 21.3 Å². The molecule has 0 spiro atoms. The van der Waals surface area contributed by atoms with Gasteiger partial charge in [0, 0.05) is 0 Å². The van der Waals surface area contributed by atoms with Crippen LogP contribution in [0.5, 0.6) is 5.75 Å². The molecular formula is C25H16Br2Cl2N2O4. The van der Waals surface area contributed by atoms with Crippen LogP contribution in [0.25, 0.3) is 6.08 Å². The maximum Gasteiger partial charge on any atom is 0.335 e. The quantitative estimate of drug-likeness (QED) is 0.240. The molecule has 3 aromatic carbocycles. The lowest BCUT2D eigenvalue weighted by Crippen LogP contribution is -2.54. The maximum atomic E-state index is 13.1. The molecule has 0 bridgehead atoms. The number of hydrogen-bond acceptors (Lipinski definition) is 4. The Hall–Kier alpha value is -2.65. The van der Waals surface area contributed by atoms with Crippen molar-refractivity contribution in [3.8, 4) is 5.75 Å². The summed E-state index contributed by atoms with van der Waals surface area (Å²) in [7, 11) is 0. The summed E-state index contributed by atoms with van der Waals surface area (Å²) >= 11 is 19.0. The molecule has 35 heavy (non-hydrogen) atoms. The van der Waals surface area contributed by atoms with Crippen LogP contribution in [0, 0.1) is 6.92 Å². The lowest BCUT2D eigenvalue weighted by molar-refractivity contribution is -0.122. The van der Waals surface area contributed by atoms with Crippen molar-refractivity contribution in [2.24, 2.45) is 0 Å². The number of benzene rings is 3. The van der Waals surface area contributed by atoms with E-state index in [1.807, 2.05) is 31.2 Å². The standard InChI is InChI=1S/C25H16Br2Cl2N2O4/c1-13-2-4-14(5-3-13)12-35-22-18(26)9-15(10-19(22)27)8-17-23(32)30-25(34)31(24(17)33)16-6-7-20(28)21(29)11-16/h2-11H,12H2,1H3,(H,30,32,34)/b17-8+. The topological polar surface area (TPSA) is 75.7 Å². The fraction of sp³-hybridized carbons (Fsp3) is 0.0800. The highest BCUT2D eigenvalue weighted by Crippen LogP contribution is 2.36. The molecule has 4 amide bonds. The Bertz CT molecular complexity index is 1370. The highest BCUT2D eigenvalue weighted by Gasteiger charge is 2.37. The summed E-state index contributed by atoms with van der Waals surface area (Å²) in [6, 6.07) is 14.8. The number of barbiturate groups is 1. The minimum absolute atomic E-state index is 0.168. The van der Waals surface area contributed by atoms with Gasteiger partial charge < -0.3 is 4.74 Å². The van der Waals surface area contributed by atoms with Crippen molar-refractivity contribution in [3.63, 3.8) is 0 Å². The molecule has 4 rings (SSSR count). The number of nitrogens with zero attached hydrogens (tertiary/aromatic N) is 1. The molecule has 6 nitrogen and oxygen atoms in total. The van der Waals surface area contributed by atoms with Gasteiger partial charge in [-0.05, 0) is 86.3 Å². The average molecular weight is 639 g/mol. The summed E-state index contributed by atoms with van der Waals surface area (Å²) in [5, 5.41) is 2.62. The summed E-state index contributed by atoms with van der Waals surface area (Å²) in [5.41, 5.74) is 2.67. The van der Waals surface area contributed by atoms with Gasteiger partial charge in [0.1, 0.15) is 17.9 Å². The molecule has 10 heteroatoms. The molecule has 178 valence electrons. The minimum atomic E-state index is -0.877. The van der Waals surface area contributed by atoms with Crippen LogP contribution in [-0.2, 0) is 16.2 Å². The van der Waals surface area contributed by atoms with Crippen molar-refractivity contribution in [3.05, 3.63) is 95.9 Å². The van der Waals surface area contributed by atoms with Gasteiger partial charge in [0.25, 0.3) is 11.8 Å². The number of carbonyl (C=O) groups is 3. The number of ether oxygens (including phenoxy) is 1. The SMILES string of the molecule is Cc1ccc(COc2c(Br)cc(/C=C3\C(=O)NC(=O)N(c4ccc(Cl)c(Cl)c4)C3=O)cc2Br)cc1. The second kappa shape index (κ2) is 10.5. The summed E-state index contributed by atoms with van der Waals surface area (Å²) in [4.78, 5) is 38.9. The van der Waals surface area contributed by atoms with Crippen molar-refractivity contribution >= 4 is 84.7 Å². The fourth-order valence-electron chi connectivity index (χ4n) is 3.32. The Balaban J connectivity index is 1.61. The van der Waals surface area contributed by atoms with Gasteiger partial charge in [0.2, 0.25) is 0 Å². The van der Waals surface area contributed by atoms with Crippen molar-refractivity contribution < 1.29 is 19.1 Å². The first kappa shape index (κ1) is 25.4. The number of imide groups is 2. The summed E-state index contributed by atoms with van der Waals surface area (Å²) in [6.07, 6.45) is 1.40. The second-order valence-electron chi connectivity index (χ2n) is 7.64. The van der Waals surface area contributed by atoms with Crippen LogP contribution in [0.1, 0.15) is 16.7 Å². The lowest BCUT2D eigenvalue weighted by Gasteiger charge is -2.26. The molecule has 0 unspecified atom stereocenters. The summed E-state index contributed by atoms with van der Waals surface area (Å²) in [5.74, 6) is -1.02. The van der Waals surface area contributed by atoms with E-state index >= 15 is 0 Å². The van der Waals surface area contributed by atoms with Crippen LogP contribution in [0.15, 0.2) is 69.1 Å². The Kier molecular flexibility index (Phi) is 7.66. The minimum Gasteiger partial charge on any atom is -0.487 e. The molecular weight excluding hydrogens is 623 g/mol. The van der Waals surface area contributed by atoms with Crippen LogP contribution in [0.2, 0.25) is 10.0 Å². The van der Waals surface area contributed by atoms with Crippen molar-refractivity contribution in [2.75, 3.05) is 4.90 Å². The van der Waals surface area contributed by atoms with E-state index in [9.17, 15) is 14.4 Å².